The van der Waals surface area contributed by atoms with Crippen LogP contribution in [-0.4, -0.2) is 25.9 Å². The van der Waals surface area contributed by atoms with Gasteiger partial charge in [0.25, 0.3) is 0 Å². The number of allylic oxidation sites excluding steroid dienone is 2. The summed E-state index contributed by atoms with van der Waals surface area (Å²) in [7, 11) is 0. The molecule has 0 aliphatic carbocycles. The molecule has 1 amide bonds. The molecule has 0 aromatic carbocycles. The molecule has 0 saturated carbocycles. The van der Waals surface area contributed by atoms with Crippen molar-refractivity contribution in [2.24, 2.45) is 4.99 Å². The highest BCUT2D eigenvalue weighted by Gasteiger charge is 2.23. The third-order valence-corrected chi connectivity index (χ3v) is 9.27. The number of carbonyl (C=O) groups excluding carboxylic acids is 1. The number of nitrogens with zero attached hydrogens (tertiary/aromatic N) is 3. The molecule has 1 aliphatic rings. The van der Waals surface area contributed by atoms with E-state index < -0.39 is 0 Å². The van der Waals surface area contributed by atoms with E-state index in [1.807, 2.05) is 0 Å². The highest BCUT2D eigenvalue weighted by atomic mass is 16.1. The van der Waals surface area contributed by atoms with Crippen molar-refractivity contribution in [1.82, 2.24) is 19.5 Å². The first-order chi connectivity index (χ1) is 20.9. The van der Waals surface area contributed by atoms with Gasteiger partial charge in [-0.2, -0.15) is 0 Å². The number of hydrogen-bond acceptors (Lipinski definition) is 2. The third kappa shape index (κ3) is 4.95. The number of hydrogen-bond donors (Lipinski definition) is 2. The van der Waals surface area contributed by atoms with Gasteiger partial charge in [0.05, 0.1) is 22.4 Å². The van der Waals surface area contributed by atoms with Crippen LogP contribution >= 0.6 is 0 Å². The largest absolute Gasteiger partial charge is 0.355 e. The minimum absolute atomic E-state index is 0.714. The van der Waals surface area contributed by atoms with Crippen LogP contribution in [0, 0.1) is 0 Å². The summed E-state index contributed by atoms with van der Waals surface area (Å²) in [5.41, 5.74) is 17.6. The second-order valence-corrected chi connectivity index (χ2v) is 11.3. The molecule has 0 radical (unpaired) electrons. The molecular weight excluding hydrogens is 530 g/mol. The Morgan fingerprint density at radius 2 is 1.30 bits per heavy atom. The van der Waals surface area contributed by atoms with Crippen LogP contribution in [0.15, 0.2) is 29.3 Å². The van der Waals surface area contributed by atoms with Crippen molar-refractivity contribution in [2.75, 3.05) is 0 Å². The van der Waals surface area contributed by atoms with E-state index in [4.69, 9.17) is 4.98 Å². The molecule has 1 aliphatic heterocycles. The third-order valence-electron chi connectivity index (χ3n) is 9.27. The molecule has 0 saturated heterocycles. The molecular formula is C37H47N5O. The Labute approximate surface area is 255 Å². The van der Waals surface area contributed by atoms with Crippen LogP contribution in [0.5, 0.6) is 0 Å². The molecule has 5 rings (SSSR count). The monoisotopic (exact) mass is 577 g/mol. The van der Waals surface area contributed by atoms with E-state index in [1.165, 1.54) is 44.5 Å². The van der Waals surface area contributed by atoms with Crippen LogP contribution in [0.1, 0.15) is 107 Å². The highest BCUT2D eigenvalue weighted by molar-refractivity contribution is 5.95. The predicted molar refractivity (Wildman–Crippen MR) is 181 cm³/mol. The van der Waals surface area contributed by atoms with E-state index in [2.05, 4.69) is 99.2 Å². The molecule has 0 fully saturated rings. The maximum absolute atomic E-state index is 12.3. The fraction of sp³-hybridized carbons (Fsp3) is 0.432. The normalized spacial score (nSPS) is 13.1. The molecule has 2 N–H and O–H groups in total. The number of aryl methyl sites for hydroxylation is 6. The number of H-pyrrole nitrogens is 2. The number of carbonyl (C=O) groups is 1. The van der Waals surface area contributed by atoms with E-state index >= 15 is 0 Å². The quantitative estimate of drug-likeness (QED) is 0.195. The average Bonchev–Trinajstić information content (AvgIpc) is 3.77. The van der Waals surface area contributed by atoms with Gasteiger partial charge in [-0.25, -0.2) is 9.98 Å². The van der Waals surface area contributed by atoms with Crippen LogP contribution in [0.2, 0.25) is 0 Å². The Morgan fingerprint density at radius 1 is 0.698 bits per heavy atom. The van der Waals surface area contributed by atoms with Gasteiger partial charge in [-0.1, -0.05) is 48.5 Å². The summed E-state index contributed by atoms with van der Waals surface area (Å²) in [5, 5.41) is 0.741. The van der Waals surface area contributed by atoms with Gasteiger partial charge in [-0.05, 0) is 110 Å². The summed E-state index contributed by atoms with van der Waals surface area (Å²) in [6.45, 7) is 18.5. The zero-order valence-electron chi connectivity index (χ0n) is 27.3. The molecule has 0 spiro atoms. The molecule has 226 valence electrons. The van der Waals surface area contributed by atoms with E-state index in [1.54, 1.807) is 0 Å². The van der Waals surface area contributed by atoms with Crippen molar-refractivity contribution >= 4 is 50.7 Å². The maximum atomic E-state index is 12.3. The van der Waals surface area contributed by atoms with Gasteiger partial charge >= 0.3 is 0 Å². The first-order valence-corrected chi connectivity index (χ1v) is 16.4. The summed E-state index contributed by atoms with van der Waals surface area (Å²) in [6.07, 6.45) is 6.89. The summed E-state index contributed by atoms with van der Waals surface area (Å²) in [6, 6.07) is 8.78. The van der Waals surface area contributed by atoms with Gasteiger partial charge in [-0.3, -0.25) is 4.79 Å². The lowest BCUT2D eigenvalue weighted by Crippen LogP contribution is -2.12. The summed E-state index contributed by atoms with van der Waals surface area (Å²) in [5.74, 6) is 0. The second-order valence-electron chi connectivity index (χ2n) is 11.3. The standard InChI is InChI=1S/C37H47N5O/c1-9-24-26(11-3)33-30(15-7)34-27(12-4)28(13-5)35(41-34)36(38-21-43)37-29(14-6)25(10-2)32(42(37)16-8)20-23-18-17-22(39-23)19-31(24)40-33/h17-21,39,41H,9-16H2,1-8H3. The van der Waals surface area contributed by atoms with Crippen molar-refractivity contribution in [2.45, 2.75) is 107 Å². The topological polar surface area (TPSA) is 78.8 Å². The Hall–Kier alpha value is -3.93. The molecule has 0 atom stereocenters. The number of amides is 1. The van der Waals surface area contributed by atoms with Crippen molar-refractivity contribution in [3.05, 3.63) is 68.8 Å². The van der Waals surface area contributed by atoms with Crippen LogP contribution in [-0.2, 0) is 43.4 Å². The molecule has 6 nitrogen and oxygen atoms in total. The van der Waals surface area contributed by atoms with Crippen LogP contribution in [0.4, 0.5) is 0 Å². The Morgan fingerprint density at radius 3 is 1.86 bits per heavy atom. The first kappa shape index (κ1) is 30.5. The molecule has 43 heavy (non-hydrogen) atoms. The van der Waals surface area contributed by atoms with Crippen LogP contribution in [0.25, 0.3) is 44.2 Å². The van der Waals surface area contributed by atoms with E-state index in [-0.39, 0.29) is 0 Å². The first-order valence-electron chi connectivity index (χ1n) is 16.4. The zero-order valence-corrected chi connectivity index (χ0v) is 27.3. The predicted octanol–water partition coefficient (Wildman–Crippen LogP) is 8.62. The molecule has 8 bridgehead atoms. The van der Waals surface area contributed by atoms with Crippen molar-refractivity contribution in [3.63, 3.8) is 0 Å². The smallest absolute Gasteiger partial charge is 0.233 e. The lowest BCUT2D eigenvalue weighted by Gasteiger charge is -2.08. The molecule has 0 unspecified atom stereocenters. The van der Waals surface area contributed by atoms with Crippen molar-refractivity contribution in [1.29, 1.82) is 0 Å². The number of aromatic nitrogens is 4. The fourth-order valence-corrected chi connectivity index (χ4v) is 7.45. The number of nitrogens with one attached hydrogen (secondary N) is 2. The van der Waals surface area contributed by atoms with E-state index in [9.17, 15) is 4.79 Å². The molecule has 4 aromatic heterocycles. The van der Waals surface area contributed by atoms with E-state index in [0.29, 0.717) is 6.41 Å². The Balaban J connectivity index is 2.22. The SMILES string of the molecule is CCC1=C(CC)c2nc1cc1ccc(cc3c(CC)c(CC)c(c(=NC=O)c4[nH]c(c2CC)c(CC)c4CC)n3CC)[nH]1. The zero-order chi connectivity index (χ0) is 30.8. The summed E-state index contributed by atoms with van der Waals surface area (Å²) in [4.78, 5) is 29.8. The molecule has 5 heterocycles. The highest BCUT2D eigenvalue weighted by Crippen LogP contribution is 2.38. The summed E-state index contributed by atoms with van der Waals surface area (Å²) < 4.78 is 2.36. The minimum atomic E-state index is 0.714. The average molecular weight is 578 g/mol. The second kappa shape index (κ2) is 12.7. The van der Waals surface area contributed by atoms with Gasteiger partial charge < -0.3 is 14.5 Å². The minimum Gasteiger partial charge on any atom is -0.355 e. The van der Waals surface area contributed by atoms with Gasteiger partial charge in [0.1, 0.15) is 5.36 Å². The van der Waals surface area contributed by atoms with Crippen LogP contribution in [0.3, 0.4) is 0 Å². The van der Waals surface area contributed by atoms with Crippen molar-refractivity contribution < 1.29 is 4.79 Å². The molecule has 6 heteroatoms. The molecule has 4 aromatic rings. The number of rotatable bonds is 9. The lowest BCUT2D eigenvalue weighted by molar-refractivity contribution is -0.107. The Kier molecular flexibility index (Phi) is 9.05. The number of aromatic amines is 2. The fourth-order valence-electron chi connectivity index (χ4n) is 7.45. The van der Waals surface area contributed by atoms with Gasteiger partial charge in [-0.15, -0.1) is 0 Å². The van der Waals surface area contributed by atoms with Gasteiger partial charge in [0.2, 0.25) is 6.41 Å². The lowest BCUT2D eigenvalue weighted by atomic mass is 9.95. The van der Waals surface area contributed by atoms with E-state index in [0.717, 1.165) is 95.8 Å². The number of fused-ring (bicyclic) bond motifs is 8. The van der Waals surface area contributed by atoms with Gasteiger partial charge in [0.15, 0.2) is 0 Å². The maximum Gasteiger partial charge on any atom is 0.233 e. The van der Waals surface area contributed by atoms with Crippen molar-refractivity contribution in [3.8, 4) is 0 Å². The Bertz CT molecular complexity index is 1930. The van der Waals surface area contributed by atoms with Gasteiger partial charge in [0, 0.05) is 34.2 Å². The van der Waals surface area contributed by atoms with Crippen LogP contribution < -0.4 is 5.36 Å². The summed E-state index contributed by atoms with van der Waals surface area (Å²) >= 11 is 0.